The summed E-state index contributed by atoms with van der Waals surface area (Å²) in [6, 6.07) is 13.0. The summed E-state index contributed by atoms with van der Waals surface area (Å²) in [5.41, 5.74) is 4.89. The van der Waals surface area contributed by atoms with E-state index >= 15 is 0 Å². The van der Waals surface area contributed by atoms with Crippen LogP contribution in [0.2, 0.25) is 0 Å². The van der Waals surface area contributed by atoms with Crippen molar-refractivity contribution in [2.45, 2.75) is 78.0 Å². The van der Waals surface area contributed by atoms with Crippen molar-refractivity contribution in [2.24, 2.45) is 0 Å². The number of halogens is 1. The van der Waals surface area contributed by atoms with E-state index in [2.05, 4.69) is 52.2 Å². The van der Waals surface area contributed by atoms with Crippen molar-refractivity contribution >= 4 is 10.9 Å². The molecule has 4 aromatic rings. The molecule has 0 bridgehead atoms. The molecule has 2 aromatic carbocycles. The predicted octanol–water partition coefficient (Wildman–Crippen LogP) is 5.21. The molecule has 0 saturated heterocycles. The quantitative estimate of drug-likeness (QED) is 0.368. The number of nitrogens with zero attached hydrogens (tertiary/aromatic N) is 5. The minimum absolute atomic E-state index is 0.0431. The molecule has 36 heavy (non-hydrogen) atoms. The molecule has 7 nitrogen and oxygen atoms in total. The van der Waals surface area contributed by atoms with Crippen molar-refractivity contribution in [1.29, 1.82) is 0 Å². The minimum Gasteiger partial charge on any atom is -0.322 e. The van der Waals surface area contributed by atoms with Gasteiger partial charge in [0.15, 0.2) is 5.82 Å². The van der Waals surface area contributed by atoms with Crippen LogP contribution in [0.5, 0.6) is 0 Å². The van der Waals surface area contributed by atoms with Gasteiger partial charge in [0.05, 0.1) is 12.6 Å². The molecule has 1 aliphatic carbocycles. The van der Waals surface area contributed by atoms with Crippen LogP contribution in [0, 0.1) is 19.7 Å². The van der Waals surface area contributed by atoms with E-state index in [0.29, 0.717) is 19.1 Å². The molecule has 188 valence electrons. The zero-order valence-corrected chi connectivity index (χ0v) is 21.2. The maximum atomic E-state index is 13.4. The van der Waals surface area contributed by atoms with Crippen LogP contribution in [0.4, 0.5) is 4.39 Å². The van der Waals surface area contributed by atoms with Gasteiger partial charge in [-0.3, -0.25) is 9.69 Å². The van der Waals surface area contributed by atoms with Crippen molar-refractivity contribution in [3.8, 4) is 0 Å². The Morgan fingerprint density at radius 1 is 1.11 bits per heavy atom. The van der Waals surface area contributed by atoms with E-state index < -0.39 is 0 Å². The summed E-state index contributed by atoms with van der Waals surface area (Å²) < 4.78 is 15.2. The number of fused-ring (bicyclic) bond motifs is 1. The first-order chi connectivity index (χ1) is 17.4. The predicted molar refractivity (Wildman–Crippen MR) is 138 cm³/mol. The van der Waals surface area contributed by atoms with Gasteiger partial charge in [-0.2, -0.15) is 0 Å². The Morgan fingerprint density at radius 3 is 2.56 bits per heavy atom. The van der Waals surface area contributed by atoms with E-state index in [0.717, 1.165) is 52.7 Å². The summed E-state index contributed by atoms with van der Waals surface area (Å²) in [4.78, 5) is 18.7. The standard InChI is InChI=1S/C28H33FN6O/c1-4-26(27-31-32-33-35(27)16-20-9-11-23(29)12-10-20)34(24-7-5-6-8-24)17-22-15-21-13-18(2)19(3)14-25(21)30-28(22)36/h9-15,24,26H,4-8,16-17H2,1-3H3,(H,30,36)/t26-/m1/s1. The zero-order valence-electron chi connectivity index (χ0n) is 21.2. The number of aromatic amines is 1. The fraction of sp³-hybridized carbons (Fsp3) is 0.429. The van der Waals surface area contributed by atoms with Crippen molar-refractivity contribution in [3.63, 3.8) is 0 Å². The molecule has 5 rings (SSSR count). The number of hydrogen-bond donors (Lipinski definition) is 1. The van der Waals surface area contributed by atoms with Crippen LogP contribution in [0.15, 0.2) is 47.3 Å². The SMILES string of the molecule is CC[C@H](c1nnnn1Cc1ccc(F)cc1)N(Cc1cc2cc(C)c(C)cc2[nH]c1=O)C1CCCC1. The third kappa shape index (κ3) is 4.95. The van der Waals surface area contributed by atoms with E-state index in [4.69, 9.17) is 0 Å². The first kappa shape index (κ1) is 24.3. The number of rotatable bonds is 8. The third-order valence-electron chi connectivity index (χ3n) is 7.57. The van der Waals surface area contributed by atoms with E-state index in [-0.39, 0.29) is 17.4 Å². The van der Waals surface area contributed by atoms with Gasteiger partial charge in [0.25, 0.3) is 5.56 Å². The minimum atomic E-state index is -0.263. The van der Waals surface area contributed by atoms with Gasteiger partial charge in [-0.1, -0.05) is 31.9 Å². The number of benzene rings is 2. The lowest BCUT2D eigenvalue weighted by molar-refractivity contribution is 0.112. The number of pyridine rings is 1. The number of hydrogen-bond acceptors (Lipinski definition) is 5. The lowest BCUT2D eigenvalue weighted by Gasteiger charge is -2.35. The van der Waals surface area contributed by atoms with Gasteiger partial charge in [-0.25, -0.2) is 9.07 Å². The first-order valence-electron chi connectivity index (χ1n) is 12.8. The summed E-state index contributed by atoms with van der Waals surface area (Å²) in [7, 11) is 0. The molecule has 0 unspecified atom stereocenters. The summed E-state index contributed by atoms with van der Waals surface area (Å²) in [6.07, 6.45) is 5.37. The van der Waals surface area contributed by atoms with Gasteiger partial charge in [0.2, 0.25) is 0 Å². The Balaban J connectivity index is 1.50. The number of aromatic nitrogens is 5. The Labute approximate surface area is 210 Å². The molecule has 0 amide bonds. The second-order valence-electron chi connectivity index (χ2n) is 10.0. The molecule has 0 spiro atoms. The molecule has 2 aromatic heterocycles. The number of nitrogens with one attached hydrogen (secondary N) is 1. The summed E-state index contributed by atoms with van der Waals surface area (Å²) in [5, 5.41) is 13.7. The Morgan fingerprint density at radius 2 is 1.83 bits per heavy atom. The maximum Gasteiger partial charge on any atom is 0.252 e. The van der Waals surface area contributed by atoms with Gasteiger partial charge in [0.1, 0.15) is 5.82 Å². The highest BCUT2D eigenvalue weighted by atomic mass is 19.1. The van der Waals surface area contributed by atoms with Gasteiger partial charge >= 0.3 is 0 Å². The zero-order chi connectivity index (χ0) is 25.2. The molecule has 0 radical (unpaired) electrons. The fourth-order valence-electron chi connectivity index (χ4n) is 5.46. The Kier molecular flexibility index (Phi) is 6.96. The molecule has 8 heteroatoms. The van der Waals surface area contributed by atoms with Crippen LogP contribution < -0.4 is 5.56 Å². The molecule has 1 fully saturated rings. The van der Waals surface area contributed by atoms with E-state index in [1.165, 1.54) is 30.5 Å². The van der Waals surface area contributed by atoms with Crippen LogP contribution >= 0.6 is 0 Å². The van der Waals surface area contributed by atoms with Crippen LogP contribution in [0.25, 0.3) is 10.9 Å². The second kappa shape index (κ2) is 10.3. The molecule has 1 saturated carbocycles. The molecule has 2 heterocycles. The molecular weight excluding hydrogens is 455 g/mol. The highest BCUT2D eigenvalue weighted by Crippen LogP contribution is 2.34. The van der Waals surface area contributed by atoms with Crippen LogP contribution in [-0.2, 0) is 13.1 Å². The maximum absolute atomic E-state index is 13.4. The van der Waals surface area contributed by atoms with Gasteiger partial charge in [0, 0.05) is 23.7 Å². The highest BCUT2D eigenvalue weighted by Gasteiger charge is 2.32. The molecule has 1 aliphatic rings. The largest absolute Gasteiger partial charge is 0.322 e. The first-order valence-corrected chi connectivity index (χ1v) is 12.8. The fourth-order valence-corrected chi connectivity index (χ4v) is 5.46. The second-order valence-corrected chi connectivity index (χ2v) is 10.0. The summed E-state index contributed by atoms with van der Waals surface area (Å²) >= 11 is 0. The lowest BCUT2D eigenvalue weighted by atomic mass is 10.0. The van der Waals surface area contributed by atoms with Crippen LogP contribution in [-0.4, -0.2) is 36.1 Å². The Hall–Kier alpha value is -3.39. The normalized spacial score (nSPS) is 15.2. The van der Waals surface area contributed by atoms with E-state index in [1.807, 2.05) is 12.1 Å². The van der Waals surface area contributed by atoms with E-state index in [1.54, 1.807) is 16.8 Å². The smallest absolute Gasteiger partial charge is 0.252 e. The molecule has 0 aliphatic heterocycles. The van der Waals surface area contributed by atoms with Gasteiger partial charge in [-0.05, 0) is 95.9 Å². The monoisotopic (exact) mass is 488 g/mol. The van der Waals surface area contributed by atoms with Crippen molar-refractivity contribution in [3.05, 3.63) is 86.7 Å². The molecule has 1 atom stereocenters. The Bertz CT molecular complexity index is 1400. The van der Waals surface area contributed by atoms with Crippen LogP contribution in [0.1, 0.15) is 73.1 Å². The average molecular weight is 489 g/mol. The summed E-state index contributed by atoms with van der Waals surface area (Å²) in [6.45, 7) is 7.29. The van der Waals surface area contributed by atoms with Crippen molar-refractivity contribution in [2.75, 3.05) is 0 Å². The number of aryl methyl sites for hydroxylation is 2. The average Bonchev–Trinajstić information content (AvgIpc) is 3.55. The number of H-pyrrole nitrogens is 1. The molecular formula is C28H33FN6O. The number of tetrazole rings is 1. The topological polar surface area (TPSA) is 79.7 Å². The van der Waals surface area contributed by atoms with Gasteiger partial charge < -0.3 is 4.98 Å². The van der Waals surface area contributed by atoms with Crippen molar-refractivity contribution in [1.82, 2.24) is 30.1 Å². The van der Waals surface area contributed by atoms with E-state index in [9.17, 15) is 9.18 Å². The van der Waals surface area contributed by atoms with Gasteiger partial charge in [-0.15, -0.1) is 5.10 Å². The third-order valence-corrected chi connectivity index (χ3v) is 7.57. The lowest BCUT2D eigenvalue weighted by Crippen LogP contribution is -2.39. The highest BCUT2D eigenvalue weighted by molar-refractivity contribution is 5.80. The summed E-state index contributed by atoms with van der Waals surface area (Å²) in [5.74, 6) is 0.512. The van der Waals surface area contributed by atoms with Crippen LogP contribution in [0.3, 0.4) is 0 Å². The van der Waals surface area contributed by atoms with Crippen molar-refractivity contribution < 1.29 is 4.39 Å². The molecule has 1 N–H and O–H groups in total.